The Morgan fingerprint density at radius 2 is 2.11 bits per heavy atom. The van der Waals surface area contributed by atoms with Gasteiger partial charge in [-0.3, -0.25) is 0 Å². The van der Waals surface area contributed by atoms with Gasteiger partial charge in [-0.25, -0.2) is 0 Å². The third-order valence-electron chi connectivity index (χ3n) is 2.96. The van der Waals surface area contributed by atoms with E-state index in [0.29, 0.717) is 0 Å². The fourth-order valence-corrected chi connectivity index (χ4v) is 1.75. The molecule has 0 aromatic heterocycles. The van der Waals surface area contributed by atoms with Crippen molar-refractivity contribution in [1.29, 1.82) is 0 Å². The van der Waals surface area contributed by atoms with Crippen molar-refractivity contribution in [3.63, 3.8) is 0 Å². The lowest BCUT2D eigenvalue weighted by molar-refractivity contribution is 0.586. The molecule has 1 aromatic rings. The van der Waals surface area contributed by atoms with E-state index in [1.807, 2.05) is 19.2 Å². The second kappa shape index (κ2) is 7.05. The molecule has 1 N–H and O–H groups in total. The van der Waals surface area contributed by atoms with Gasteiger partial charge in [0.2, 0.25) is 0 Å². The van der Waals surface area contributed by atoms with E-state index in [2.05, 4.69) is 50.9 Å². The normalized spacial score (nSPS) is 11.2. The number of anilines is 1. The van der Waals surface area contributed by atoms with Crippen molar-refractivity contribution >= 4 is 5.69 Å². The van der Waals surface area contributed by atoms with Crippen LogP contribution in [0.2, 0.25) is 0 Å². The van der Waals surface area contributed by atoms with Crippen molar-refractivity contribution in [2.24, 2.45) is 5.92 Å². The summed E-state index contributed by atoms with van der Waals surface area (Å²) >= 11 is 0. The summed E-state index contributed by atoms with van der Waals surface area (Å²) in [6, 6.07) is 6.56. The molecule has 0 heterocycles. The molecule has 0 atom stereocenters. The summed E-state index contributed by atoms with van der Waals surface area (Å²) in [6.07, 6.45) is 6.32. The van der Waals surface area contributed by atoms with Gasteiger partial charge in [0, 0.05) is 11.9 Å². The van der Waals surface area contributed by atoms with E-state index in [1.165, 1.54) is 17.5 Å². The SMILES string of the molecule is C=C(C)/C=C/Nc1ccc(C)c(CCC(C)C)c1. The van der Waals surface area contributed by atoms with Crippen LogP contribution in [0.4, 0.5) is 5.69 Å². The van der Waals surface area contributed by atoms with Gasteiger partial charge in [-0.2, -0.15) is 0 Å². The second-order valence-electron chi connectivity index (χ2n) is 5.40. The van der Waals surface area contributed by atoms with Gasteiger partial charge in [0.15, 0.2) is 0 Å². The standard InChI is InChI=1S/C17H25N/c1-13(2)6-8-16-12-17(9-7-15(16)5)18-11-10-14(3)4/h7,9-13,18H,3,6,8H2,1-2,4-5H3/b11-10+. The number of aryl methyl sites for hydroxylation is 2. The van der Waals surface area contributed by atoms with Crippen LogP contribution in [0.5, 0.6) is 0 Å². The Morgan fingerprint density at radius 1 is 1.39 bits per heavy atom. The highest BCUT2D eigenvalue weighted by Crippen LogP contribution is 2.18. The maximum Gasteiger partial charge on any atom is 0.0382 e. The Bertz CT molecular complexity index is 427. The molecule has 0 bridgehead atoms. The van der Waals surface area contributed by atoms with Crippen molar-refractivity contribution < 1.29 is 0 Å². The van der Waals surface area contributed by atoms with Crippen LogP contribution >= 0.6 is 0 Å². The maximum absolute atomic E-state index is 3.84. The maximum atomic E-state index is 3.84. The van der Waals surface area contributed by atoms with E-state index in [0.717, 1.165) is 23.6 Å². The molecule has 18 heavy (non-hydrogen) atoms. The second-order valence-corrected chi connectivity index (χ2v) is 5.40. The highest BCUT2D eigenvalue weighted by molar-refractivity contribution is 5.50. The summed E-state index contributed by atoms with van der Waals surface area (Å²) in [5.74, 6) is 0.754. The van der Waals surface area contributed by atoms with Crippen molar-refractivity contribution in [3.8, 4) is 0 Å². The Balaban J connectivity index is 2.70. The summed E-state index contributed by atoms with van der Waals surface area (Å²) in [4.78, 5) is 0. The minimum Gasteiger partial charge on any atom is -0.362 e. The zero-order valence-corrected chi connectivity index (χ0v) is 12.1. The Labute approximate surface area is 112 Å². The van der Waals surface area contributed by atoms with Gasteiger partial charge < -0.3 is 5.32 Å². The highest BCUT2D eigenvalue weighted by atomic mass is 14.8. The van der Waals surface area contributed by atoms with Gasteiger partial charge in [0.1, 0.15) is 0 Å². The van der Waals surface area contributed by atoms with Gasteiger partial charge >= 0.3 is 0 Å². The van der Waals surface area contributed by atoms with Crippen LogP contribution < -0.4 is 5.32 Å². The molecular weight excluding hydrogens is 218 g/mol. The lowest BCUT2D eigenvalue weighted by atomic mass is 9.98. The van der Waals surface area contributed by atoms with Gasteiger partial charge in [0.25, 0.3) is 0 Å². The topological polar surface area (TPSA) is 12.0 Å². The highest BCUT2D eigenvalue weighted by Gasteiger charge is 2.01. The number of benzene rings is 1. The van der Waals surface area contributed by atoms with E-state index in [9.17, 15) is 0 Å². The summed E-state index contributed by atoms with van der Waals surface area (Å²) < 4.78 is 0. The van der Waals surface area contributed by atoms with Gasteiger partial charge in [-0.1, -0.05) is 32.1 Å². The fraction of sp³-hybridized carbons (Fsp3) is 0.412. The molecule has 0 aliphatic rings. The molecule has 0 fully saturated rings. The first-order valence-electron chi connectivity index (χ1n) is 6.67. The molecule has 0 aliphatic carbocycles. The fourth-order valence-electron chi connectivity index (χ4n) is 1.75. The lowest BCUT2D eigenvalue weighted by Gasteiger charge is -2.10. The quantitative estimate of drug-likeness (QED) is 0.687. The van der Waals surface area contributed by atoms with Crippen LogP contribution in [0.25, 0.3) is 0 Å². The predicted molar refractivity (Wildman–Crippen MR) is 81.9 cm³/mol. The average Bonchev–Trinajstić information content (AvgIpc) is 2.29. The molecule has 1 nitrogen and oxygen atoms in total. The van der Waals surface area contributed by atoms with E-state index in [1.54, 1.807) is 0 Å². The van der Waals surface area contributed by atoms with Crippen LogP contribution in [0.1, 0.15) is 38.3 Å². The number of allylic oxidation sites excluding steroid dienone is 2. The minimum absolute atomic E-state index is 0.754. The molecule has 0 amide bonds. The van der Waals surface area contributed by atoms with Gasteiger partial charge in [0.05, 0.1) is 0 Å². The van der Waals surface area contributed by atoms with Crippen LogP contribution in [-0.4, -0.2) is 0 Å². The first-order chi connectivity index (χ1) is 8.49. The third-order valence-corrected chi connectivity index (χ3v) is 2.96. The first kappa shape index (κ1) is 14.6. The zero-order valence-electron chi connectivity index (χ0n) is 12.1. The molecule has 0 aliphatic heterocycles. The van der Waals surface area contributed by atoms with Crippen molar-refractivity contribution in [2.75, 3.05) is 5.32 Å². The van der Waals surface area contributed by atoms with Crippen LogP contribution in [0.3, 0.4) is 0 Å². The molecule has 0 radical (unpaired) electrons. The molecule has 1 aromatic carbocycles. The average molecular weight is 243 g/mol. The Hall–Kier alpha value is -1.50. The van der Waals surface area contributed by atoms with E-state index >= 15 is 0 Å². The van der Waals surface area contributed by atoms with E-state index in [-0.39, 0.29) is 0 Å². The summed E-state index contributed by atoms with van der Waals surface area (Å²) in [7, 11) is 0. The zero-order chi connectivity index (χ0) is 13.5. The summed E-state index contributed by atoms with van der Waals surface area (Å²) in [6.45, 7) is 12.6. The largest absolute Gasteiger partial charge is 0.362 e. The number of hydrogen-bond acceptors (Lipinski definition) is 1. The van der Waals surface area contributed by atoms with Crippen molar-refractivity contribution in [3.05, 3.63) is 53.8 Å². The lowest BCUT2D eigenvalue weighted by Crippen LogP contribution is -1.96. The molecule has 0 saturated carbocycles. The molecule has 98 valence electrons. The first-order valence-corrected chi connectivity index (χ1v) is 6.67. The van der Waals surface area contributed by atoms with Crippen LogP contribution in [0, 0.1) is 12.8 Å². The minimum atomic E-state index is 0.754. The Kier molecular flexibility index (Phi) is 5.70. The van der Waals surface area contributed by atoms with Gasteiger partial charge in [-0.15, -0.1) is 0 Å². The van der Waals surface area contributed by atoms with E-state index in [4.69, 9.17) is 0 Å². The number of nitrogens with one attached hydrogen (secondary N) is 1. The van der Waals surface area contributed by atoms with E-state index < -0.39 is 0 Å². The molecule has 1 rings (SSSR count). The Morgan fingerprint density at radius 3 is 2.72 bits per heavy atom. The monoisotopic (exact) mass is 243 g/mol. The van der Waals surface area contributed by atoms with Crippen molar-refractivity contribution in [1.82, 2.24) is 0 Å². The summed E-state index contributed by atoms with van der Waals surface area (Å²) in [5.41, 5.74) is 5.02. The smallest absolute Gasteiger partial charge is 0.0382 e. The van der Waals surface area contributed by atoms with Crippen LogP contribution in [-0.2, 0) is 6.42 Å². The van der Waals surface area contributed by atoms with Crippen LogP contribution in [0.15, 0.2) is 42.6 Å². The molecule has 0 saturated heterocycles. The third kappa shape index (κ3) is 5.22. The number of rotatable bonds is 6. The molecule has 0 unspecified atom stereocenters. The molecule has 0 spiro atoms. The van der Waals surface area contributed by atoms with Gasteiger partial charge in [-0.05, 0) is 61.9 Å². The molecule has 1 heteroatoms. The molecular formula is C17H25N. The predicted octanol–water partition coefficient (Wildman–Crippen LogP) is 5.09. The summed E-state index contributed by atoms with van der Waals surface area (Å²) in [5, 5.41) is 3.29. The van der Waals surface area contributed by atoms with Crippen molar-refractivity contribution in [2.45, 2.75) is 40.5 Å². The number of hydrogen-bond donors (Lipinski definition) is 1.